The van der Waals surface area contributed by atoms with Crippen molar-refractivity contribution in [2.45, 2.75) is 25.5 Å². The van der Waals surface area contributed by atoms with Crippen molar-refractivity contribution in [2.24, 2.45) is 0 Å². The molecule has 1 N–H and O–H groups in total. The molecule has 5 nitrogen and oxygen atoms in total. The molecule has 0 aliphatic carbocycles. The maximum absolute atomic E-state index is 12.6. The molecule has 1 atom stereocenters. The van der Waals surface area contributed by atoms with Crippen LogP contribution in [0.5, 0.6) is 5.75 Å². The van der Waals surface area contributed by atoms with Crippen LogP contribution in [-0.4, -0.2) is 24.0 Å². The van der Waals surface area contributed by atoms with E-state index in [0.29, 0.717) is 9.48 Å². The summed E-state index contributed by atoms with van der Waals surface area (Å²) in [5.74, 6) is -0.550. The first-order valence-corrected chi connectivity index (χ1v) is 8.74. The van der Waals surface area contributed by atoms with Crippen molar-refractivity contribution >= 4 is 47.6 Å². The molecular formula is C11H9BrF3NO4S2. The molecule has 1 unspecified atom stereocenters. The van der Waals surface area contributed by atoms with Crippen LogP contribution in [-0.2, 0) is 10.1 Å². The first-order valence-electron chi connectivity index (χ1n) is 5.72. The van der Waals surface area contributed by atoms with Gasteiger partial charge in [0.2, 0.25) is 0 Å². The molecule has 0 aliphatic rings. The van der Waals surface area contributed by atoms with Crippen LogP contribution in [0.15, 0.2) is 9.98 Å². The standard InChI is InChI=1S/C11H9BrF3NO4S2/c1-4-3-6-9(21-10(12)16-6)8(7(4)5(2)17)20-22(18,19)11(13,14)15/h3,5,17H,1-2H3. The quantitative estimate of drug-likeness (QED) is 0.606. The zero-order chi connectivity index (χ0) is 16.9. The van der Waals surface area contributed by atoms with Gasteiger partial charge in [0.1, 0.15) is 0 Å². The highest BCUT2D eigenvalue weighted by atomic mass is 79.9. The fourth-order valence-corrected chi connectivity index (χ4v) is 3.89. The van der Waals surface area contributed by atoms with E-state index < -0.39 is 27.5 Å². The molecule has 122 valence electrons. The minimum Gasteiger partial charge on any atom is -0.389 e. The van der Waals surface area contributed by atoms with Crippen LogP contribution in [0.4, 0.5) is 13.2 Å². The number of benzene rings is 1. The molecule has 0 saturated heterocycles. The molecule has 0 spiro atoms. The Hall–Kier alpha value is -0.910. The molecule has 1 aromatic heterocycles. The first kappa shape index (κ1) is 17.4. The summed E-state index contributed by atoms with van der Waals surface area (Å²) in [6.07, 6.45) is -1.22. The molecule has 1 heterocycles. The number of alkyl halides is 3. The van der Waals surface area contributed by atoms with Crippen molar-refractivity contribution in [3.05, 3.63) is 21.1 Å². The average molecular weight is 420 g/mol. The lowest BCUT2D eigenvalue weighted by Gasteiger charge is -2.17. The molecular weight excluding hydrogens is 411 g/mol. The second-order valence-electron chi connectivity index (χ2n) is 4.41. The summed E-state index contributed by atoms with van der Waals surface area (Å²) in [5.41, 5.74) is -4.96. The molecule has 0 amide bonds. The van der Waals surface area contributed by atoms with Gasteiger partial charge in [0.15, 0.2) is 9.67 Å². The topological polar surface area (TPSA) is 76.5 Å². The number of aliphatic hydroxyl groups excluding tert-OH is 1. The highest BCUT2D eigenvalue weighted by molar-refractivity contribution is 9.11. The van der Waals surface area contributed by atoms with Crippen LogP contribution in [0.1, 0.15) is 24.2 Å². The largest absolute Gasteiger partial charge is 0.534 e. The molecule has 0 saturated carbocycles. The van der Waals surface area contributed by atoms with Crippen molar-refractivity contribution in [1.29, 1.82) is 0 Å². The van der Waals surface area contributed by atoms with Gasteiger partial charge in [0.25, 0.3) is 0 Å². The van der Waals surface area contributed by atoms with E-state index in [1.54, 1.807) is 0 Å². The molecule has 0 radical (unpaired) electrons. The fourth-order valence-electron chi connectivity index (χ4n) is 1.91. The number of hydrogen-bond donors (Lipinski definition) is 1. The Bertz CT molecular complexity index is 830. The minimum absolute atomic E-state index is 0.0310. The predicted molar refractivity (Wildman–Crippen MR) is 78.3 cm³/mol. The van der Waals surface area contributed by atoms with Crippen molar-refractivity contribution in [3.8, 4) is 5.75 Å². The molecule has 0 fully saturated rings. The zero-order valence-electron chi connectivity index (χ0n) is 11.1. The monoisotopic (exact) mass is 419 g/mol. The number of rotatable bonds is 3. The van der Waals surface area contributed by atoms with Crippen molar-refractivity contribution in [3.63, 3.8) is 0 Å². The van der Waals surface area contributed by atoms with Gasteiger partial charge in [-0.3, -0.25) is 0 Å². The summed E-state index contributed by atoms with van der Waals surface area (Å²) < 4.78 is 65.0. The van der Waals surface area contributed by atoms with Crippen LogP contribution in [0, 0.1) is 6.92 Å². The molecule has 2 aromatic rings. The lowest BCUT2D eigenvalue weighted by molar-refractivity contribution is -0.0500. The number of halogens is 4. The van der Waals surface area contributed by atoms with Gasteiger partial charge in [-0.25, -0.2) is 4.98 Å². The Morgan fingerprint density at radius 1 is 1.45 bits per heavy atom. The number of aromatic nitrogens is 1. The highest BCUT2D eigenvalue weighted by Crippen LogP contribution is 2.42. The number of aryl methyl sites for hydroxylation is 1. The molecule has 1 aromatic carbocycles. The van der Waals surface area contributed by atoms with Crippen LogP contribution >= 0.6 is 27.3 Å². The van der Waals surface area contributed by atoms with Crippen LogP contribution < -0.4 is 4.18 Å². The summed E-state index contributed by atoms with van der Waals surface area (Å²) in [7, 11) is -5.85. The van der Waals surface area contributed by atoms with Gasteiger partial charge in [-0.1, -0.05) is 0 Å². The Labute approximate surface area is 136 Å². The number of thiazole rings is 1. The second-order valence-corrected chi connectivity index (χ2v) is 8.22. The van der Waals surface area contributed by atoms with Crippen LogP contribution in [0.3, 0.4) is 0 Å². The molecule has 0 aliphatic heterocycles. The first-order chi connectivity index (χ1) is 9.94. The van der Waals surface area contributed by atoms with E-state index in [1.165, 1.54) is 19.9 Å². The van der Waals surface area contributed by atoms with Crippen molar-refractivity contribution in [1.82, 2.24) is 4.98 Å². The average Bonchev–Trinajstić information content (AvgIpc) is 2.66. The summed E-state index contributed by atoms with van der Waals surface area (Å²) >= 11 is 3.99. The number of hydrogen-bond acceptors (Lipinski definition) is 6. The SMILES string of the molecule is Cc1cc2nc(Br)sc2c(OS(=O)(=O)C(F)(F)F)c1C(C)O. The van der Waals surface area contributed by atoms with E-state index in [2.05, 4.69) is 25.1 Å². The summed E-state index contributed by atoms with van der Waals surface area (Å²) in [6, 6.07) is 1.53. The third-order valence-electron chi connectivity index (χ3n) is 2.75. The third-order valence-corrected chi connectivity index (χ3v) is 5.22. The smallest absolute Gasteiger partial charge is 0.389 e. The van der Waals surface area contributed by atoms with E-state index >= 15 is 0 Å². The van der Waals surface area contributed by atoms with E-state index in [4.69, 9.17) is 0 Å². The van der Waals surface area contributed by atoms with E-state index in [0.717, 1.165) is 11.3 Å². The number of nitrogens with zero attached hydrogens (tertiary/aromatic N) is 1. The Kier molecular flexibility index (Phi) is 4.46. The zero-order valence-corrected chi connectivity index (χ0v) is 14.3. The van der Waals surface area contributed by atoms with Gasteiger partial charge in [-0.05, 0) is 41.4 Å². The Morgan fingerprint density at radius 3 is 2.55 bits per heavy atom. The molecule has 2 rings (SSSR count). The summed E-state index contributed by atoms with van der Waals surface area (Å²) in [5, 5.41) is 9.77. The predicted octanol–water partition coefficient (Wildman–Crippen LogP) is 3.65. The van der Waals surface area contributed by atoms with Gasteiger partial charge >= 0.3 is 15.6 Å². The normalized spacial score (nSPS) is 14.3. The van der Waals surface area contributed by atoms with Gasteiger partial charge < -0.3 is 9.29 Å². The maximum Gasteiger partial charge on any atom is 0.534 e. The molecule has 11 heteroatoms. The van der Waals surface area contributed by atoms with Crippen LogP contribution in [0.2, 0.25) is 0 Å². The van der Waals surface area contributed by atoms with Crippen LogP contribution in [0.25, 0.3) is 10.2 Å². The van der Waals surface area contributed by atoms with Crippen molar-refractivity contribution < 1.29 is 30.9 Å². The highest BCUT2D eigenvalue weighted by Gasteiger charge is 2.49. The van der Waals surface area contributed by atoms with E-state index in [9.17, 15) is 26.7 Å². The lowest BCUT2D eigenvalue weighted by Crippen LogP contribution is -2.28. The summed E-state index contributed by atoms with van der Waals surface area (Å²) in [6.45, 7) is 2.82. The molecule has 22 heavy (non-hydrogen) atoms. The van der Waals surface area contributed by atoms with Gasteiger partial charge in [-0.2, -0.15) is 21.6 Å². The van der Waals surface area contributed by atoms with Gasteiger partial charge in [-0.15, -0.1) is 11.3 Å². The van der Waals surface area contributed by atoms with E-state index in [-0.39, 0.29) is 15.8 Å². The fraction of sp³-hybridized carbons (Fsp3) is 0.364. The second kappa shape index (κ2) is 5.62. The number of aliphatic hydroxyl groups is 1. The number of fused-ring (bicyclic) bond motifs is 1. The van der Waals surface area contributed by atoms with E-state index in [1.807, 2.05) is 0 Å². The Morgan fingerprint density at radius 2 is 2.05 bits per heavy atom. The van der Waals surface area contributed by atoms with Gasteiger partial charge in [0.05, 0.1) is 16.3 Å². The molecule has 0 bridgehead atoms. The maximum atomic E-state index is 12.6. The lowest BCUT2D eigenvalue weighted by atomic mass is 10.0. The van der Waals surface area contributed by atoms with Crippen molar-refractivity contribution in [2.75, 3.05) is 0 Å². The van der Waals surface area contributed by atoms with Gasteiger partial charge in [0, 0.05) is 5.56 Å². The Balaban J connectivity index is 2.77. The summed E-state index contributed by atoms with van der Waals surface area (Å²) in [4.78, 5) is 4.02. The minimum atomic E-state index is -5.85. The third kappa shape index (κ3) is 3.07.